The summed E-state index contributed by atoms with van der Waals surface area (Å²) in [5.74, 6) is -0.887. The molecule has 0 radical (unpaired) electrons. The van der Waals surface area contributed by atoms with Crippen molar-refractivity contribution in [3.05, 3.63) is 109 Å². The van der Waals surface area contributed by atoms with Crippen molar-refractivity contribution in [1.82, 2.24) is 0 Å². The molecule has 0 amide bonds. The summed E-state index contributed by atoms with van der Waals surface area (Å²) in [5, 5.41) is 0. The summed E-state index contributed by atoms with van der Waals surface area (Å²) in [7, 11) is 0. The van der Waals surface area contributed by atoms with Crippen LogP contribution in [0.5, 0.6) is 0 Å². The third-order valence-corrected chi connectivity index (χ3v) is 13.5. The van der Waals surface area contributed by atoms with Crippen molar-refractivity contribution < 1.29 is 28.6 Å². The summed E-state index contributed by atoms with van der Waals surface area (Å²) >= 11 is 0. The summed E-state index contributed by atoms with van der Waals surface area (Å²) in [5.41, 5.74) is 0. The molecule has 0 heterocycles. The first kappa shape index (κ1) is 72.1. The lowest BCUT2D eigenvalue weighted by Crippen LogP contribution is -2.30. The first-order chi connectivity index (χ1) is 37.5. The van der Waals surface area contributed by atoms with Crippen molar-refractivity contribution in [3.63, 3.8) is 0 Å². The van der Waals surface area contributed by atoms with E-state index in [1.807, 2.05) is 0 Å². The second-order valence-electron chi connectivity index (χ2n) is 20.9. The number of rotatable bonds is 57. The van der Waals surface area contributed by atoms with Crippen molar-refractivity contribution in [2.24, 2.45) is 0 Å². The standard InChI is InChI=1S/C70H118O6/c1-4-7-10-13-16-19-21-23-25-27-29-31-32-33-34-35-36-37-38-40-41-43-45-47-49-51-54-57-60-63-69(72)75-66-67(65-74-68(71)62-59-56-53-18-15-12-9-6-3)76-70(73)64-61-58-55-52-50-48-46-44-42-39-30-28-26-24-22-20-17-14-11-8-5-2/h7-8,10-11,16-17,19-20,23-26,29-31,33-34,39,67H,4-6,9,12-15,18,21-22,27-28,32,35-38,40-66H2,1-3H3/b10-7-,11-8-,19-16-,20-17-,25-23-,26-24-,31-29-,34-33-,39-30-. The van der Waals surface area contributed by atoms with Gasteiger partial charge in [-0.05, 0) is 103 Å². The molecule has 0 N–H and O–H groups in total. The van der Waals surface area contributed by atoms with Crippen LogP contribution in [0, 0.1) is 0 Å². The highest BCUT2D eigenvalue weighted by molar-refractivity contribution is 5.71. The minimum atomic E-state index is -0.782. The smallest absolute Gasteiger partial charge is 0.306 e. The van der Waals surface area contributed by atoms with Gasteiger partial charge in [0, 0.05) is 19.3 Å². The zero-order valence-corrected chi connectivity index (χ0v) is 49.7. The predicted octanol–water partition coefficient (Wildman–Crippen LogP) is 21.8. The number of allylic oxidation sites excluding steroid dienone is 18. The molecule has 0 saturated carbocycles. The van der Waals surface area contributed by atoms with Crippen LogP contribution in [0.15, 0.2) is 109 Å². The maximum absolute atomic E-state index is 12.9. The van der Waals surface area contributed by atoms with Gasteiger partial charge < -0.3 is 14.2 Å². The Morgan fingerprint density at radius 2 is 0.513 bits per heavy atom. The molecule has 0 aromatic heterocycles. The van der Waals surface area contributed by atoms with Crippen LogP contribution in [0.25, 0.3) is 0 Å². The molecule has 0 saturated heterocycles. The Morgan fingerprint density at radius 3 is 0.803 bits per heavy atom. The molecule has 0 aromatic rings. The van der Waals surface area contributed by atoms with E-state index >= 15 is 0 Å². The van der Waals surface area contributed by atoms with Gasteiger partial charge in [0.05, 0.1) is 0 Å². The van der Waals surface area contributed by atoms with Gasteiger partial charge in [-0.15, -0.1) is 0 Å². The van der Waals surface area contributed by atoms with Crippen molar-refractivity contribution in [2.45, 2.75) is 303 Å². The number of ether oxygens (including phenoxy) is 3. The maximum atomic E-state index is 12.9. The van der Waals surface area contributed by atoms with Gasteiger partial charge in [-0.25, -0.2) is 0 Å². The summed E-state index contributed by atoms with van der Waals surface area (Å²) < 4.78 is 16.9. The topological polar surface area (TPSA) is 78.9 Å². The van der Waals surface area contributed by atoms with Gasteiger partial charge in [-0.1, -0.05) is 284 Å². The highest BCUT2D eigenvalue weighted by Gasteiger charge is 2.19. The molecule has 0 rings (SSSR count). The molecule has 0 bridgehead atoms. The van der Waals surface area contributed by atoms with Crippen molar-refractivity contribution in [3.8, 4) is 0 Å². The number of carbonyl (C=O) groups is 3. The predicted molar refractivity (Wildman–Crippen MR) is 330 cm³/mol. The number of esters is 3. The average molecular weight is 1060 g/mol. The van der Waals surface area contributed by atoms with E-state index in [-0.39, 0.29) is 31.1 Å². The third kappa shape index (κ3) is 60.9. The second kappa shape index (κ2) is 63.6. The Morgan fingerprint density at radius 1 is 0.276 bits per heavy atom. The van der Waals surface area contributed by atoms with E-state index in [1.165, 1.54) is 135 Å². The normalized spacial score (nSPS) is 12.8. The molecule has 434 valence electrons. The van der Waals surface area contributed by atoms with E-state index in [0.29, 0.717) is 19.3 Å². The second-order valence-corrected chi connectivity index (χ2v) is 20.9. The largest absolute Gasteiger partial charge is 0.462 e. The van der Waals surface area contributed by atoms with Gasteiger partial charge in [-0.3, -0.25) is 14.4 Å². The van der Waals surface area contributed by atoms with Crippen LogP contribution in [-0.4, -0.2) is 37.2 Å². The van der Waals surface area contributed by atoms with Crippen molar-refractivity contribution in [1.29, 1.82) is 0 Å². The van der Waals surface area contributed by atoms with Gasteiger partial charge in [0.2, 0.25) is 0 Å². The molecule has 0 aromatic carbocycles. The number of carbonyl (C=O) groups excluding carboxylic acids is 3. The average Bonchev–Trinajstić information content (AvgIpc) is 3.42. The molecule has 6 heteroatoms. The lowest BCUT2D eigenvalue weighted by molar-refractivity contribution is -0.167. The zero-order valence-electron chi connectivity index (χ0n) is 49.7. The number of hydrogen-bond acceptors (Lipinski definition) is 6. The van der Waals surface area contributed by atoms with Crippen LogP contribution in [-0.2, 0) is 28.6 Å². The first-order valence-corrected chi connectivity index (χ1v) is 31.9. The molecule has 6 nitrogen and oxygen atoms in total. The molecule has 0 aliphatic heterocycles. The van der Waals surface area contributed by atoms with Crippen LogP contribution in [0.1, 0.15) is 297 Å². The fourth-order valence-corrected chi connectivity index (χ4v) is 8.81. The molecule has 0 aliphatic carbocycles. The number of hydrogen-bond donors (Lipinski definition) is 0. The van der Waals surface area contributed by atoms with E-state index in [9.17, 15) is 14.4 Å². The highest BCUT2D eigenvalue weighted by Crippen LogP contribution is 2.16. The molecule has 1 unspecified atom stereocenters. The molecule has 0 fully saturated rings. The van der Waals surface area contributed by atoms with Crippen LogP contribution < -0.4 is 0 Å². The van der Waals surface area contributed by atoms with E-state index in [4.69, 9.17) is 14.2 Å². The first-order valence-electron chi connectivity index (χ1n) is 31.9. The van der Waals surface area contributed by atoms with Crippen molar-refractivity contribution in [2.75, 3.05) is 13.2 Å². The minimum Gasteiger partial charge on any atom is -0.462 e. The lowest BCUT2D eigenvalue weighted by atomic mass is 10.0. The molecule has 0 aliphatic rings. The van der Waals surface area contributed by atoms with Gasteiger partial charge in [0.15, 0.2) is 6.10 Å². The van der Waals surface area contributed by atoms with Gasteiger partial charge >= 0.3 is 17.9 Å². The van der Waals surface area contributed by atoms with E-state index in [2.05, 4.69) is 130 Å². The van der Waals surface area contributed by atoms with Crippen molar-refractivity contribution >= 4 is 17.9 Å². The molecule has 1 atom stereocenters. The quantitative estimate of drug-likeness (QED) is 0.0261. The summed E-state index contributed by atoms with van der Waals surface area (Å²) in [6.07, 6.45) is 86.8. The van der Waals surface area contributed by atoms with Crippen LogP contribution in [0.2, 0.25) is 0 Å². The Bertz CT molecular complexity index is 1540. The maximum Gasteiger partial charge on any atom is 0.306 e. The minimum absolute atomic E-state index is 0.0798. The molecule has 76 heavy (non-hydrogen) atoms. The van der Waals surface area contributed by atoms with Crippen LogP contribution >= 0.6 is 0 Å². The molecule has 0 spiro atoms. The Labute approximate surface area is 470 Å². The Hall–Kier alpha value is -3.93. The zero-order chi connectivity index (χ0) is 55.0. The van der Waals surface area contributed by atoms with E-state index < -0.39 is 6.10 Å². The fraction of sp³-hybridized carbons (Fsp3) is 0.700. The highest BCUT2D eigenvalue weighted by atomic mass is 16.6. The molecular weight excluding hydrogens is 937 g/mol. The summed E-state index contributed by atoms with van der Waals surface area (Å²) in [6, 6.07) is 0. The van der Waals surface area contributed by atoms with Crippen LogP contribution in [0.4, 0.5) is 0 Å². The van der Waals surface area contributed by atoms with E-state index in [1.54, 1.807) is 0 Å². The summed E-state index contributed by atoms with van der Waals surface area (Å²) in [4.78, 5) is 38.1. The van der Waals surface area contributed by atoms with E-state index in [0.717, 1.165) is 122 Å². The number of unbranched alkanes of at least 4 members (excludes halogenated alkanes) is 28. The monoisotopic (exact) mass is 1050 g/mol. The Kier molecular flexibility index (Phi) is 60.3. The fourth-order valence-electron chi connectivity index (χ4n) is 8.81. The third-order valence-electron chi connectivity index (χ3n) is 13.5. The lowest BCUT2D eigenvalue weighted by Gasteiger charge is -2.18. The van der Waals surface area contributed by atoms with Gasteiger partial charge in [-0.2, -0.15) is 0 Å². The van der Waals surface area contributed by atoms with Gasteiger partial charge in [0.25, 0.3) is 0 Å². The molecular formula is C70H118O6. The SMILES string of the molecule is CC/C=C\C/C=C\C/C=C\C/C=C\C/C=C\CCCCCCCCCCCCCCCC(=O)OCC(COC(=O)CCCCCCCCCC)OC(=O)CCCCCCCCCC/C=C\C/C=C\C/C=C\C/C=C\CC. The van der Waals surface area contributed by atoms with Gasteiger partial charge in [0.1, 0.15) is 13.2 Å². The summed E-state index contributed by atoms with van der Waals surface area (Å²) in [6.45, 7) is 6.39. The van der Waals surface area contributed by atoms with Crippen LogP contribution in [0.3, 0.4) is 0 Å². The Balaban J connectivity index is 4.17.